The molecule has 0 aliphatic heterocycles. The number of likely N-dealkylation sites (N-methyl/N-ethyl adjacent to an activating group) is 1. The molecule has 0 saturated heterocycles. The highest BCUT2D eigenvalue weighted by Gasteiger charge is 2.19. The lowest BCUT2D eigenvalue weighted by molar-refractivity contribution is 0.0716. The van der Waals surface area contributed by atoms with Gasteiger partial charge in [0.05, 0.1) is 17.4 Å². The molecule has 0 unspecified atom stereocenters. The minimum atomic E-state index is 0.0334. The molecule has 0 aliphatic carbocycles. The highest BCUT2D eigenvalue weighted by atomic mass is 35.5. The molecule has 0 saturated carbocycles. The van der Waals surface area contributed by atoms with Gasteiger partial charge in [-0.25, -0.2) is 4.68 Å². The largest absolute Gasteiger partial charge is 0.337 e. The quantitative estimate of drug-likeness (QED) is 0.665. The van der Waals surface area contributed by atoms with Crippen LogP contribution in [0.1, 0.15) is 38.1 Å². The zero-order chi connectivity index (χ0) is 19.1. The Bertz CT molecular complexity index is 692. The van der Waals surface area contributed by atoms with Gasteiger partial charge in [-0.05, 0) is 43.3 Å². The summed E-state index contributed by atoms with van der Waals surface area (Å²) in [6.07, 6.45) is 3.43. The summed E-state index contributed by atoms with van der Waals surface area (Å²) in [5, 5.41) is 5.02. The summed E-state index contributed by atoms with van der Waals surface area (Å²) < 4.78 is 1.71. The van der Waals surface area contributed by atoms with Crippen LogP contribution in [0.3, 0.4) is 0 Å². The Morgan fingerprint density at radius 2 is 1.81 bits per heavy atom. The Labute approximate surface area is 161 Å². The van der Waals surface area contributed by atoms with Crippen molar-refractivity contribution in [2.75, 3.05) is 32.7 Å². The van der Waals surface area contributed by atoms with Crippen LogP contribution in [0.15, 0.2) is 36.7 Å². The maximum absolute atomic E-state index is 13.0. The van der Waals surface area contributed by atoms with Crippen molar-refractivity contribution in [1.29, 1.82) is 0 Å². The third-order valence-electron chi connectivity index (χ3n) is 4.37. The van der Waals surface area contributed by atoms with Gasteiger partial charge in [-0.3, -0.25) is 4.79 Å². The molecule has 0 fully saturated rings. The first kappa shape index (κ1) is 20.5. The maximum atomic E-state index is 13.0. The average molecular weight is 377 g/mol. The van der Waals surface area contributed by atoms with E-state index >= 15 is 0 Å². The Balaban J connectivity index is 2.13. The lowest BCUT2D eigenvalue weighted by Gasteiger charge is -2.27. The third-order valence-corrected chi connectivity index (χ3v) is 4.63. The molecule has 142 valence electrons. The highest BCUT2D eigenvalue weighted by molar-refractivity contribution is 6.30. The van der Waals surface area contributed by atoms with Gasteiger partial charge >= 0.3 is 0 Å². The summed E-state index contributed by atoms with van der Waals surface area (Å²) in [4.78, 5) is 17.3. The zero-order valence-corrected chi connectivity index (χ0v) is 16.9. The van der Waals surface area contributed by atoms with E-state index in [-0.39, 0.29) is 5.91 Å². The normalized spacial score (nSPS) is 11.3. The highest BCUT2D eigenvalue weighted by Crippen LogP contribution is 2.14. The first-order valence-corrected chi connectivity index (χ1v) is 9.64. The smallest absolute Gasteiger partial charge is 0.257 e. The molecule has 6 heteroatoms. The molecular formula is C20H29ClN4O. The zero-order valence-electron chi connectivity index (χ0n) is 16.2. The fourth-order valence-electron chi connectivity index (χ4n) is 2.87. The Hall–Kier alpha value is -1.85. The lowest BCUT2D eigenvalue weighted by atomic mass is 10.2. The predicted octanol–water partition coefficient (Wildman–Crippen LogP) is 3.97. The minimum absolute atomic E-state index is 0.0334. The fraction of sp³-hybridized carbons (Fsp3) is 0.500. The number of benzene rings is 1. The van der Waals surface area contributed by atoms with E-state index in [1.807, 2.05) is 29.2 Å². The van der Waals surface area contributed by atoms with Gasteiger partial charge in [0.2, 0.25) is 0 Å². The van der Waals surface area contributed by atoms with Crippen LogP contribution in [0.5, 0.6) is 0 Å². The molecule has 1 aromatic carbocycles. The third kappa shape index (κ3) is 5.58. The second kappa shape index (κ2) is 9.74. The van der Waals surface area contributed by atoms with Crippen LogP contribution in [0.25, 0.3) is 5.69 Å². The monoisotopic (exact) mass is 376 g/mol. The number of hydrogen-bond acceptors (Lipinski definition) is 3. The summed E-state index contributed by atoms with van der Waals surface area (Å²) in [6.45, 7) is 12.9. The number of rotatable bonds is 9. The Kier molecular flexibility index (Phi) is 7.66. The second-order valence-electron chi connectivity index (χ2n) is 6.82. The van der Waals surface area contributed by atoms with E-state index in [0.717, 1.165) is 38.4 Å². The topological polar surface area (TPSA) is 41.4 Å². The summed E-state index contributed by atoms with van der Waals surface area (Å²) in [7, 11) is 0. The summed E-state index contributed by atoms with van der Waals surface area (Å²) >= 11 is 5.93. The van der Waals surface area contributed by atoms with Gasteiger partial charge in [0.1, 0.15) is 0 Å². The standard InChI is InChI=1S/C20H29ClN4O/c1-5-23(6-2)11-12-24(14-16(3)4)20(26)17-13-22-25(15-17)19-9-7-18(21)8-10-19/h7-10,13,15-16H,5-6,11-12,14H2,1-4H3. The van der Waals surface area contributed by atoms with E-state index in [1.54, 1.807) is 17.1 Å². The molecule has 0 bridgehead atoms. The molecule has 2 rings (SSSR count). The van der Waals surface area contributed by atoms with E-state index in [0.29, 0.717) is 16.5 Å². The van der Waals surface area contributed by atoms with Crippen molar-refractivity contribution in [3.05, 3.63) is 47.2 Å². The number of aromatic nitrogens is 2. The molecule has 2 aromatic rings. The molecule has 1 aromatic heterocycles. The van der Waals surface area contributed by atoms with Gasteiger partial charge in [0, 0.05) is 30.9 Å². The van der Waals surface area contributed by atoms with Crippen molar-refractivity contribution in [3.63, 3.8) is 0 Å². The predicted molar refractivity (Wildman–Crippen MR) is 107 cm³/mol. The van der Waals surface area contributed by atoms with Gasteiger partial charge in [-0.2, -0.15) is 5.10 Å². The second-order valence-corrected chi connectivity index (χ2v) is 7.26. The van der Waals surface area contributed by atoms with Gasteiger partial charge in [-0.1, -0.05) is 39.3 Å². The molecule has 0 atom stereocenters. The first-order valence-electron chi connectivity index (χ1n) is 9.26. The number of carbonyl (C=O) groups is 1. The number of amides is 1. The molecule has 26 heavy (non-hydrogen) atoms. The number of carbonyl (C=O) groups excluding carboxylic acids is 1. The SMILES string of the molecule is CCN(CC)CCN(CC(C)C)C(=O)c1cnn(-c2ccc(Cl)cc2)c1. The van der Waals surface area contributed by atoms with Crippen LogP contribution in [0, 0.1) is 5.92 Å². The van der Waals surface area contributed by atoms with Gasteiger partial charge in [0.25, 0.3) is 5.91 Å². The van der Waals surface area contributed by atoms with E-state index in [1.165, 1.54) is 0 Å². The van der Waals surface area contributed by atoms with E-state index in [9.17, 15) is 4.79 Å². The lowest BCUT2D eigenvalue weighted by Crippen LogP contribution is -2.40. The fourth-order valence-corrected chi connectivity index (χ4v) is 3.00. The van der Waals surface area contributed by atoms with Crippen LogP contribution in [0.4, 0.5) is 0 Å². The molecule has 1 amide bonds. The van der Waals surface area contributed by atoms with Gasteiger partial charge in [0.15, 0.2) is 0 Å². The van der Waals surface area contributed by atoms with Gasteiger partial charge < -0.3 is 9.80 Å². The number of hydrogen-bond donors (Lipinski definition) is 0. The minimum Gasteiger partial charge on any atom is -0.337 e. The molecule has 0 N–H and O–H groups in total. The van der Waals surface area contributed by atoms with E-state index in [4.69, 9.17) is 11.6 Å². The summed E-state index contributed by atoms with van der Waals surface area (Å²) in [6, 6.07) is 7.40. The van der Waals surface area contributed by atoms with Crippen LogP contribution < -0.4 is 0 Å². The van der Waals surface area contributed by atoms with E-state index in [2.05, 4.69) is 37.7 Å². The van der Waals surface area contributed by atoms with Crippen molar-refractivity contribution in [2.45, 2.75) is 27.7 Å². The van der Waals surface area contributed by atoms with Crippen LogP contribution >= 0.6 is 11.6 Å². The Morgan fingerprint density at radius 3 is 2.38 bits per heavy atom. The van der Waals surface area contributed by atoms with Crippen molar-refractivity contribution < 1.29 is 4.79 Å². The maximum Gasteiger partial charge on any atom is 0.257 e. The van der Waals surface area contributed by atoms with Crippen LogP contribution in [-0.4, -0.2) is 58.2 Å². The first-order chi connectivity index (χ1) is 12.4. The van der Waals surface area contributed by atoms with Crippen molar-refractivity contribution in [1.82, 2.24) is 19.6 Å². The molecule has 5 nitrogen and oxygen atoms in total. The molecule has 0 radical (unpaired) electrons. The van der Waals surface area contributed by atoms with Crippen LogP contribution in [0.2, 0.25) is 5.02 Å². The van der Waals surface area contributed by atoms with E-state index < -0.39 is 0 Å². The van der Waals surface area contributed by atoms with Crippen molar-refractivity contribution >= 4 is 17.5 Å². The Morgan fingerprint density at radius 1 is 1.15 bits per heavy atom. The molecule has 1 heterocycles. The van der Waals surface area contributed by atoms with Gasteiger partial charge in [-0.15, -0.1) is 0 Å². The number of nitrogens with zero attached hydrogens (tertiary/aromatic N) is 4. The summed E-state index contributed by atoms with van der Waals surface area (Å²) in [5.74, 6) is 0.452. The molecule has 0 aliphatic rings. The average Bonchev–Trinajstić information content (AvgIpc) is 3.11. The number of halogens is 1. The summed E-state index contributed by atoms with van der Waals surface area (Å²) in [5.41, 5.74) is 1.49. The van der Waals surface area contributed by atoms with Crippen molar-refractivity contribution in [2.24, 2.45) is 5.92 Å². The van der Waals surface area contributed by atoms with Crippen LogP contribution in [-0.2, 0) is 0 Å². The van der Waals surface area contributed by atoms with Crippen molar-refractivity contribution in [3.8, 4) is 5.69 Å². The molecular weight excluding hydrogens is 348 g/mol. The molecule has 0 spiro atoms.